The third-order valence-electron chi connectivity index (χ3n) is 3.51. The van der Waals surface area contributed by atoms with E-state index in [-0.39, 0.29) is 23.5 Å². The molecule has 8 heteroatoms. The van der Waals surface area contributed by atoms with Crippen molar-refractivity contribution in [2.24, 2.45) is 5.41 Å². The van der Waals surface area contributed by atoms with Crippen molar-refractivity contribution in [1.29, 1.82) is 0 Å². The largest absolute Gasteiger partial charge is 0.485 e. The quantitative estimate of drug-likeness (QED) is 0.829. The van der Waals surface area contributed by atoms with E-state index >= 15 is 0 Å². The Bertz CT molecular complexity index is 562. The molecule has 2 amide bonds. The molecule has 0 radical (unpaired) electrons. The monoisotopic (exact) mass is 348 g/mol. The minimum absolute atomic E-state index is 0.0690. The van der Waals surface area contributed by atoms with Gasteiger partial charge in [0.2, 0.25) is 0 Å². The number of aliphatic hydroxyl groups excluding tert-OH is 1. The van der Waals surface area contributed by atoms with Crippen LogP contribution < -0.4 is 10.1 Å². The average Bonchev–Trinajstić information content (AvgIpc) is 2.46. The smallest absolute Gasteiger partial charge is 0.322 e. The number of alkyl halides is 2. The molecule has 5 nitrogen and oxygen atoms in total. The average molecular weight is 348 g/mol. The first-order chi connectivity index (χ1) is 11.1. The molecule has 0 aliphatic rings. The first-order valence-electron chi connectivity index (χ1n) is 7.41. The predicted octanol–water partition coefficient (Wildman–Crippen LogP) is 3.34. The van der Waals surface area contributed by atoms with Crippen LogP contribution in [0.15, 0.2) is 18.2 Å². The number of halogens is 3. The number of hydrogen-bond acceptors (Lipinski definition) is 3. The number of carbonyl (C=O) groups is 1. The zero-order chi connectivity index (χ0) is 18.5. The minimum atomic E-state index is -2.72. The normalized spacial score (nSPS) is 12.9. The molecule has 1 aromatic carbocycles. The zero-order valence-corrected chi connectivity index (χ0v) is 14.1. The van der Waals surface area contributed by atoms with E-state index in [1.165, 1.54) is 18.0 Å². The molecule has 1 aromatic rings. The fourth-order valence-electron chi connectivity index (χ4n) is 2.19. The highest BCUT2D eigenvalue weighted by molar-refractivity contribution is 5.91. The third-order valence-corrected chi connectivity index (χ3v) is 3.51. The Labute approximate surface area is 139 Å². The maximum atomic E-state index is 13.3. The molecule has 0 fully saturated rings. The Kier molecular flexibility index (Phi) is 6.89. The predicted molar refractivity (Wildman–Crippen MR) is 85.0 cm³/mol. The first-order valence-corrected chi connectivity index (χ1v) is 7.41. The number of nitrogens with zero attached hydrogens (tertiary/aromatic N) is 1. The van der Waals surface area contributed by atoms with Gasteiger partial charge in [0, 0.05) is 13.1 Å². The molecule has 0 saturated heterocycles. The maximum Gasteiger partial charge on any atom is 0.322 e. The molecule has 1 atom stereocenters. The van der Waals surface area contributed by atoms with Gasteiger partial charge >= 0.3 is 6.03 Å². The Hall–Kier alpha value is -1.96. The van der Waals surface area contributed by atoms with Gasteiger partial charge in [-0.3, -0.25) is 0 Å². The van der Waals surface area contributed by atoms with Gasteiger partial charge in [-0.2, -0.15) is 0 Å². The number of ether oxygens (including phenoxy) is 1. The summed E-state index contributed by atoms with van der Waals surface area (Å²) < 4.78 is 42.7. The van der Waals surface area contributed by atoms with E-state index in [0.29, 0.717) is 0 Å². The lowest BCUT2D eigenvalue weighted by molar-refractivity contribution is 0.0817. The third kappa shape index (κ3) is 5.59. The second kappa shape index (κ2) is 8.23. The van der Waals surface area contributed by atoms with E-state index in [0.717, 1.165) is 12.1 Å². The van der Waals surface area contributed by atoms with Gasteiger partial charge in [0.05, 0.1) is 18.3 Å². The van der Waals surface area contributed by atoms with Crippen LogP contribution >= 0.6 is 0 Å². The lowest BCUT2D eigenvalue weighted by Crippen LogP contribution is -2.48. The molecule has 0 heterocycles. The second-order valence-corrected chi connectivity index (χ2v) is 6.45. The standard InChI is InChI=1S/C16H23F3N2O3/c1-16(2,3)13(8-22)21(4)15(23)20-11-6-5-10(17)7-12(11)24-9-14(18)19/h5-7,13-14,22H,8-9H2,1-4H3,(H,20,23). The second-order valence-electron chi connectivity index (χ2n) is 6.45. The van der Waals surface area contributed by atoms with E-state index < -0.39 is 30.9 Å². The van der Waals surface area contributed by atoms with Crippen LogP contribution in [-0.2, 0) is 0 Å². The molecule has 1 unspecified atom stereocenters. The Morgan fingerprint density at radius 1 is 1.38 bits per heavy atom. The molecule has 0 saturated carbocycles. The molecular formula is C16H23F3N2O3. The highest BCUT2D eigenvalue weighted by Crippen LogP contribution is 2.28. The van der Waals surface area contributed by atoms with Gasteiger partial charge in [-0.1, -0.05) is 20.8 Å². The summed E-state index contributed by atoms with van der Waals surface area (Å²) in [6.45, 7) is 4.45. The van der Waals surface area contributed by atoms with Crippen molar-refractivity contribution in [3.63, 3.8) is 0 Å². The van der Waals surface area contributed by atoms with Crippen LogP contribution in [0.5, 0.6) is 5.75 Å². The molecule has 1 rings (SSSR count). The van der Waals surface area contributed by atoms with Gasteiger partial charge < -0.3 is 20.1 Å². The van der Waals surface area contributed by atoms with E-state index in [1.54, 1.807) is 0 Å². The summed E-state index contributed by atoms with van der Waals surface area (Å²) in [7, 11) is 1.50. The molecule has 0 aliphatic heterocycles. The van der Waals surface area contributed by atoms with Crippen LogP contribution in [0, 0.1) is 11.2 Å². The Morgan fingerprint density at radius 2 is 2.00 bits per heavy atom. The lowest BCUT2D eigenvalue weighted by Gasteiger charge is -2.36. The SMILES string of the molecule is CN(C(=O)Nc1ccc(F)cc1OCC(F)F)C(CO)C(C)(C)C. The van der Waals surface area contributed by atoms with Crippen LogP contribution in [0.2, 0.25) is 0 Å². The molecule has 2 N–H and O–H groups in total. The van der Waals surface area contributed by atoms with E-state index in [4.69, 9.17) is 4.74 Å². The molecule has 0 spiro atoms. The fraction of sp³-hybridized carbons (Fsp3) is 0.562. The van der Waals surface area contributed by atoms with Crippen LogP contribution in [-0.4, -0.2) is 48.8 Å². The summed E-state index contributed by atoms with van der Waals surface area (Å²) >= 11 is 0. The number of rotatable bonds is 6. The van der Waals surface area contributed by atoms with E-state index in [9.17, 15) is 23.1 Å². The number of benzene rings is 1. The fourth-order valence-corrected chi connectivity index (χ4v) is 2.19. The van der Waals surface area contributed by atoms with Crippen molar-refractivity contribution in [2.45, 2.75) is 33.2 Å². The topological polar surface area (TPSA) is 61.8 Å². The van der Waals surface area contributed by atoms with Gasteiger partial charge in [0.15, 0.2) is 0 Å². The summed E-state index contributed by atoms with van der Waals surface area (Å²) in [6.07, 6.45) is -2.72. The van der Waals surface area contributed by atoms with Crippen LogP contribution in [0.4, 0.5) is 23.7 Å². The van der Waals surface area contributed by atoms with Crippen molar-refractivity contribution < 1.29 is 27.8 Å². The van der Waals surface area contributed by atoms with Gasteiger partial charge in [-0.15, -0.1) is 0 Å². The molecular weight excluding hydrogens is 325 g/mol. The number of urea groups is 1. The summed E-state index contributed by atoms with van der Waals surface area (Å²) in [5, 5.41) is 12.0. The number of likely N-dealkylation sites (N-methyl/N-ethyl adjacent to an activating group) is 1. The first kappa shape index (κ1) is 20.1. The molecule has 0 aromatic heterocycles. The van der Waals surface area contributed by atoms with Gasteiger partial charge in [0.1, 0.15) is 18.2 Å². The van der Waals surface area contributed by atoms with Crippen molar-refractivity contribution in [1.82, 2.24) is 4.90 Å². The molecule has 24 heavy (non-hydrogen) atoms. The van der Waals surface area contributed by atoms with Gasteiger partial charge in [-0.25, -0.2) is 18.0 Å². The number of aliphatic hydroxyl groups is 1. The number of nitrogens with one attached hydrogen (secondary N) is 1. The van der Waals surface area contributed by atoms with Gasteiger partial charge in [-0.05, 0) is 17.5 Å². The Morgan fingerprint density at radius 3 is 2.50 bits per heavy atom. The lowest BCUT2D eigenvalue weighted by atomic mass is 9.86. The van der Waals surface area contributed by atoms with Crippen molar-refractivity contribution >= 4 is 11.7 Å². The van der Waals surface area contributed by atoms with Crippen LogP contribution in [0.3, 0.4) is 0 Å². The summed E-state index contributed by atoms with van der Waals surface area (Å²) in [5.74, 6) is -0.859. The maximum absolute atomic E-state index is 13.3. The molecule has 0 aliphatic carbocycles. The van der Waals surface area contributed by atoms with Crippen molar-refractivity contribution in [2.75, 3.05) is 25.6 Å². The minimum Gasteiger partial charge on any atom is -0.485 e. The van der Waals surface area contributed by atoms with E-state index in [1.807, 2.05) is 20.8 Å². The number of carbonyl (C=O) groups excluding carboxylic acids is 1. The molecule has 136 valence electrons. The van der Waals surface area contributed by atoms with Crippen molar-refractivity contribution in [3.05, 3.63) is 24.0 Å². The highest BCUT2D eigenvalue weighted by Gasteiger charge is 2.30. The number of hydrogen-bond donors (Lipinski definition) is 2. The number of anilines is 1. The Balaban J connectivity index is 2.93. The van der Waals surface area contributed by atoms with Gasteiger partial charge in [0.25, 0.3) is 6.43 Å². The van der Waals surface area contributed by atoms with Crippen LogP contribution in [0.25, 0.3) is 0 Å². The summed E-state index contributed by atoms with van der Waals surface area (Å²) in [4.78, 5) is 13.6. The van der Waals surface area contributed by atoms with Crippen LogP contribution in [0.1, 0.15) is 20.8 Å². The van der Waals surface area contributed by atoms with Crippen molar-refractivity contribution in [3.8, 4) is 5.75 Å². The van der Waals surface area contributed by atoms with E-state index in [2.05, 4.69) is 5.32 Å². The zero-order valence-electron chi connectivity index (χ0n) is 14.1. The summed E-state index contributed by atoms with van der Waals surface area (Å²) in [6, 6.07) is 2.19. The highest BCUT2D eigenvalue weighted by atomic mass is 19.3. The summed E-state index contributed by atoms with van der Waals surface area (Å²) in [5.41, 5.74) is -0.307. The molecule has 0 bridgehead atoms. The number of amides is 2.